The minimum Gasteiger partial charge on any atom is -0.309 e. The molecule has 4 heterocycles. The topological polar surface area (TPSA) is 74.3 Å². The average molecular weight is 718 g/mol. The van der Waals surface area contributed by atoms with Gasteiger partial charge in [-0.15, -0.1) is 0 Å². The molecule has 0 aliphatic rings. The Morgan fingerprint density at radius 3 is 1.54 bits per heavy atom. The van der Waals surface area contributed by atoms with Crippen molar-refractivity contribution in [1.82, 2.24) is 34.1 Å². The summed E-state index contributed by atoms with van der Waals surface area (Å²) < 4.78 is 4.49. The highest BCUT2D eigenvalue weighted by molar-refractivity contribution is 6.12. The van der Waals surface area contributed by atoms with Gasteiger partial charge in [0.25, 0.3) is 0 Å². The summed E-state index contributed by atoms with van der Waals surface area (Å²) in [6.07, 6.45) is 1.78. The van der Waals surface area contributed by atoms with E-state index in [1.165, 1.54) is 21.8 Å². The normalized spacial score (nSPS) is 11.6. The molecule has 7 heteroatoms. The van der Waals surface area contributed by atoms with Gasteiger partial charge in [-0.1, -0.05) is 133 Å². The van der Waals surface area contributed by atoms with Gasteiger partial charge in [0.05, 0.1) is 22.1 Å². The van der Waals surface area contributed by atoms with Crippen LogP contribution in [0.2, 0.25) is 0 Å². The van der Waals surface area contributed by atoms with Crippen molar-refractivity contribution >= 4 is 43.6 Å². The van der Waals surface area contributed by atoms with Crippen LogP contribution in [-0.2, 0) is 0 Å². The van der Waals surface area contributed by atoms with E-state index in [0.717, 1.165) is 49.7 Å². The van der Waals surface area contributed by atoms with Crippen LogP contribution in [0.4, 0.5) is 0 Å². The summed E-state index contributed by atoms with van der Waals surface area (Å²) in [6.45, 7) is 0. The number of aromatic nitrogens is 7. The number of hydrogen-bond donors (Lipinski definition) is 0. The Bertz CT molecular complexity index is 3180. The first-order valence-corrected chi connectivity index (χ1v) is 18.6. The summed E-state index contributed by atoms with van der Waals surface area (Å²) in [7, 11) is 0. The molecule has 0 atom stereocenters. The van der Waals surface area contributed by atoms with Gasteiger partial charge >= 0.3 is 0 Å². The average Bonchev–Trinajstić information content (AvgIpc) is 3.79. The third kappa shape index (κ3) is 5.25. The highest BCUT2D eigenvalue weighted by Gasteiger charge is 2.19. The molecule has 0 N–H and O–H groups in total. The summed E-state index contributed by atoms with van der Waals surface area (Å²) >= 11 is 0. The van der Waals surface area contributed by atoms with Crippen molar-refractivity contribution < 1.29 is 0 Å². The second kappa shape index (κ2) is 13.0. The zero-order valence-electron chi connectivity index (χ0n) is 30.0. The molecule has 7 aromatic carbocycles. The van der Waals surface area contributed by atoms with E-state index in [1.807, 2.05) is 66.7 Å². The van der Waals surface area contributed by atoms with Crippen molar-refractivity contribution in [2.24, 2.45) is 0 Å². The lowest BCUT2D eigenvalue weighted by Crippen LogP contribution is -2.05. The van der Waals surface area contributed by atoms with Gasteiger partial charge in [-0.2, -0.15) is 0 Å². The Morgan fingerprint density at radius 1 is 0.321 bits per heavy atom. The van der Waals surface area contributed by atoms with Crippen molar-refractivity contribution in [2.75, 3.05) is 0 Å². The Kier molecular flexibility index (Phi) is 7.35. The molecular formula is C49H31N7. The van der Waals surface area contributed by atoms with Crippen LogP contribution in [0, 0.1) is 0 Å². The van der Waals surface area contributed by atoms with Gasteiger partial charge in [0.2, 0.25) is 5.95 Å². The summed E-state index contributed by atoms with van der Waals surface area (Å²) in [5.74, 6) is 2.19. The zero-order valence-corrected chi connectivity index (χ0v) is 30.0. The minimum atomic E-state index is 0.479. The van der Waals surface area contributed by atoms with E-state index in [1.54, 1.807) is 6.20 Å². The Balaban J connectivity index is 1.06. The SMILES string of the molecule is c1ccc(-c2nc(-c3ccccc3)nc(-c3ccnc(-n4c5ccccc5c5cc(-c6ccc7c8ccccc8n(-c8ccccc8)c7c6)ccc54)n3)n2)cc1. The molecule has 0 bridgehead atoms. The van der Waals surface area contributed by atoms with Crippen molar-refractivity contribution in [2.45, 2.75) is 0 Å². The lowest BCUT2D eigenvalue weighted by molar-refractivity contribution is 0.975. The maximum atomic E-state index is 5.13. The molecule has 0 fully saturated rings. The van der Waals surface area contributed by atoms with Crippen LogP contribution in [0.3, 0.4) is 0 Å². The fourth-order valence-electron chi connectivity index (χ4n) is 7.88. The number of benzene rings is 7. The molecule has 262 valence electrons. The number of nitrogens with zero attached hydrogens (tertiary/aromatic N) is 7. The van der Waals surface area contributed by atoms with E-state index in [-0.39, 0.29) is 0 Å². The molecule has 11 aromatic rings. The zero-order chi connectivity index (χ0) is 37.0. The lowest BCUT2D eigenvalue weighted by atomic mass is 10.0. The standard InChI is InChI=1S/C49H31N7/c1-4-14-32(15-5-1)46-52-47(33-16-6-2-7-17-33)54-48(53-46)41-28-29-50-49(51-41)56-43-23-13-11-21-38(43)40-30-34(25-27-44(40)56)35-24-26-39-37-20-10-12-22-42(37)55(45(39)31-35)36-18-8-3-9-19-36/h1-31H. The molecule has 4 aromatic heterocycles. The van der Waals surface area contributed by atoms with Crippen LogP contribution in [0.1, 0.15) is 0 Å². The molecule has 0 unspecified atom stereocenters. The molecule has 56 heavy (non-hydrogen) atoms. The highest BCUT2D eigenvalue weighted by Crippen LogP contribution is 2.38. The molecule has 0 aliphatic heterocycles. The summed E-state index contributed by atoms with van der Waals surface area (Å²) in [5, 5.41) is 4.71. The number of hydrogen-bond acceptors (Lipinski definition) is 5. The number of rotatable bonds is 6. The van der Waals surface area contributed by atoms with Gasteiger partial charge in [-0.05, 0) is 59.7 Å². The molecular weight excluding hydrogens is 687 g/mol. The van der Waals surface area contributed by atoms with Crippen molar-refractivity contribution in [1.29, 1.82) is 0 Å². The third-order valence-electron chi connectivity index (χ3n) is 10.5. The fraction of sp³-hybridized carbons (Fsp3) is 0. The van der Waals surface area contributed by atoms with Crippen LogP contribution in [0.5, 0.6) is 0 Å². The number of para-hydroxylation sites is 3. The first-order chi connectivity index (χ1) is 27.8. The molecule has 0 saturated heterocycles. The van der Waals surface area contributed by atoms with Crippen LogP contribution in [-0.4, -0.2) is 34.1 Å². The largest absolute Gasteiger partial charge is 0.309 e. The molecule has 0 aliphatic carbocycles. The Morgan fingerprint density at radius 2 is 0.839 bits per heavy atom. The Hall–Kier alpha value is -7.77. The summed E-state index contributed by atoms with van der Waals surface area (Å²) in [6, 6.07) is 62.9. The van der Waals surface area contributed by atoms with E-state index in [9.17, 15) is 0 Å². The van der Waals surface area contributed by atoms with Crippen molar-refractivity contribution in [3.8, 4) is 57.1 Å². The van der Waals surface area contributed by atoms with Crippen molar-refractivity contribution in [3.63, 3.8) is 0 Å². The number of fused-ring (bicyclic) bond motifs is 6. The second-order valence-corrected chi connectivity index (χ2v) is 13.8. The van der Waals surface area contributed by atoms with Gasteiger partial charge < -0.3 is 4.57 Å². The van der Waals surface area contributed by atoms with E-state index in [4.69, 9.17) is 24.9 Å². The minimum absolute atomic E-state index is 0.479. The van der Waals surface area contributed by atoms with Gasteiger partial charge in [0.1, 0.15) is 5.69 Å². The van der Waals surface area contributed by atoms with Crippen LogP contribution < -0.4 is 0 Å². The summed E-state index contributed by atoms with van der Waals surface area (Å²) in [4.78, 5) is 24.7. The van der Waals surface area contributed by atoms with Gasteiger partial charge in [-0.25, -0.2) is 24.9 Å². The van der Waals surface area contributed by atoms with Gasteiger partial charge in [0, 0.05) is 44.6 Å². The fourth-order valence-corrected chi connectivity index (χ4v) is 7.88. The van der Waals surface area contributed by atoms with Crippen LogP contribution in [0.15, 0.2) is 188 Å². The molecule has 7 nitrogen and oxygen atoms in total. The maximum Gasteiger partial charge on any atom is 0.235 e. The molecule has 0 spiro atoms. The quantitative estimate of drug-likeness (QED) is 0.171. The van der Waals surface area contributed by atoms with E-state index in [0.29, 0.717) is 29.1 Å². The predicted molar refractivity (Wildman–Crippen MR) is 226 cm³/mol. The molecule has 0 radical (unpaired) electrons. The third-order valence-corrected chi connectivity index (χ3v) is 10.5. The second-order valence-electron chi connectivity index (χ2n) is 13.8. The van der Waals surface area contributed by atoms with Crippen molar-refractivity contribution in [3.05, 3.63) is 188 Å². The molecule has 11 rings (SSSR count). The molecule has 0 amide bonds. The van der Waals surface area contributed by atoms with E-state index < -0.39 is 0 Å². The Labute approximate surface area is 321 Å². The highest BCUT2D eigenvalue weighted by atomic mass is 15.2. The monoisotopic (exact) mass is 717 g/mol. The first kappa shape index (κ1) is 31.7. The summed E-state index contributed by atoms with van der Waals surface area (Å²) in [5.41, 5.74) is 10.2. The maximum absolute atomic E-state index is 5.13. The van der Waals surface area contributed by atoms with Gasteiger partial charge in [-0.3, -0.25) is 4.57 Å². The lowest BCUT2D eigenvalue weighted by Gasteiger charge is -2.10. The van der Waals surface area contributed by atoms with E-state index in [2.05, 4.69) is 124 Å². The van der Waals surface area contributed by atoms with Crippen LogP contribution in [0.25, 0.3) is 101 Å². The molecule has 0 saturated carbocycles. The first-order valence-electron chi connectivity index (χ1n) is 18.6. The van der Waals surface area contributed by atoms with Gasteiger partial charge in [0.15, 0.2) is 17.5 Å². The predicted octanol–water partition coefficient (Wildman–Crippen LogP) is 11.5. The van der Waals surface area contributed by atoms with Crippen LogP contribution >= 0.6 is 0 Å². The van der Waals surface area contributed by atoms with E-state index >= 15 is 0 Å². The smallest absolute Gasteiger partial charge is 0.235 e.